The highest BCUT2D eigenvalue weighted by atomic mass is 16.5. The summed E-state index contributed by atoms with van der Waals surface area (Å²) in [5.74, 6) is 0.734. The Morgan fingerprint density at radius 3 is 2.88 bits per heavy atom. The molecule has 0 aromatic heterocycles. The van der Waals surface area contributed by atoms with Gasteiger partial charge in [-0.15, -0.1) is 0 Å². The highest BCUT2D eigenvalue weighted by Crippen LogP contribution is 2.34. The number of ether oxygens (including phenoxy) is 1. The second-order valence-electron chi connectivity index (χ2n) is 4.48. The van der Waals surface area contributed by atoms with E-state index in [2.05, 4.69) is 12.2 Å². The predicted octanol–water partition coefficient (Wildman–Crippen LogP) is 2.37. The maximum atomic E-state index is 11.9. The van der Waals surface area contributed by atoms with Gasteiger partial charge in [0.1, 0.15) is 5.75 Å². The summed E-state index contributed by atoms with van der Waals surface area (Å²) in [6.07, 6.45) is 2.15. The molecule has 1 aliphatic rings. The lowest BCUT2D eigenvalue weighted by Crippen LogP contribution is -2.34. The van der Waals surface area contributed by atoms with Crippen molar-refractivity contribution in [2.45, 2.75) is 32.2 Å². The van der Waals surface area contributed by atoms with E-state index in [1.807, 2.05) is 25.1 Å². The lowest BCUT2D eigenvalue weighted by molar-refractivity contribution is 0.0935. The summed E-state index contributed by atoms with van der Waals surface area (Å²) in [6, 6.07) is 7.29. The molecule has 1 aromatic rings. The molecule has 0 aliphatic heterocycles. The highest BCUT2D eigenvalue weighted by molar-refractivity contribution is 5.95. The van der Waals surface area contributed by atoms with Gasteiger partial charge in [0.2, 0.25) is 0 Å². The molecule has 86 valence electrons. The van der Waals surface area contributed by atoms with E-state index in [0.717, 1.165) is 18.6 Å². The predicted molar refractivity (Wildman–Crippen MR) is 62.7 cm³/mol. The third-order valence-electron chi connectivity index (χ3n) is 2.82. The number of amides is 1. The van der Waals surface area contributed by atoms with E-state index in [-0.39, 0.29) is 11.4 Å². The molecule has 0 unspecified atom stereocenters. The molecule has 2 rings (SSSR count). The van der Waals surface area contributed by atoms with Gasteiger partial charge in [0, 0.05) is 11.1 Å². The number of hydrogen-bond acceptors (Lipinski definition) is 2. The van der Waals surface area contributed by atoms with E-state index < -0.39 is 0 Å². The quantitative estimate of drug-likeness (QED) is 0.844. The SMILES string of the molecule is CCOc1cccc(C(=O)NC2(C)CC2)c1. The van der Waals surface area contributed by atoms with Crippen LogP contribution in [0.1, 0.15) is 37.0 Å². The lowest BCUT2D eigenvalue weighted by Gasteiger charge is -2.12. The van der Waals surface area contributed by atoms with Crippen LogP contribution in [0.4, 0.5) is 0 Å². The molecular formula is C13H17NO2. The van der Waals surface area contributed by atoms with E-state index in [1.54, 1.807) is 6.07 Å². The van der Waals surface area contributed by atoms with Gasteiger partial charge < -0.3 is 10.1 Å². The Morgan fingerprint density at radius 1 is 1.50 bits per heavy atom. The van der Waals surface area contributed by atoms with Crippen LogP contribution in [-0.4, -0.2) is 18.1 Å². The van der Waals surface area contributed by atoms with Crippen molar-refractivity contribution in [3.8, 4) is 5.75 Å². The molecule has 1 N–H and O–H groups in total. The molecule has 3 heteroatoms. The molecule has 1 aliphatic carbocycles. The number of nitrogens with one attached hydrogen (secondary N) is 1. The smallest absolute Gasteiger partial charge is 0.251 e. The Morgan fingerprint density at radius 2 is 2.25 bits per heavy atom. The number of rotatable bonds is 4. The van der Waals surface area contributed by atoms with Gasteiger partial charge in [-0.05, 0) is 44.9 Å². The first-order chi connectivity index (χ1) is 7.63. The van der Waals surface area contributed by atoms with Gasteiger partial charge in [-0.25, -0.2) is 0 Å². The van der Waals surface area contributed by atoms with E-state index in [0.29, 0.717) is 12.2 Å². The maximum Gasteiger partial charge on any atom is 0.251 e. The highest BCUT2D eigenvalue weighted by Gasteiger charge is 2.38. The van der Waals surface area contributed by atoms with Crippen molar-refractivity contribution in [1.82, 2.24) is 5.32 Å². The summed E-state index contributed by atoms with van der Waals surface area (Å²) in [5.41, 5.74) is 0.692. The minimum atomic E-state index is -0.0125. The second-order valence-corrected chi connectivity index (χ2v) is 4.48. The number of benzene rings is 1. The van der Waals surface area contributed by atoms with Crippen molar-refractivity contribution < 1.29 is 9.53 Å². The van der Waals surface area contributed by atoms with Crippen molar-refractivity contribution in [3.63, 3.8) is 0 Å². The Labute approximate surface area is 95.8 Å². The zero-order valence-corrected chi connectivity index (χ0v) is 9.75. The number of carbonyl (C=O) groups is 1. The fraction of sp³-hybridized carbons (Fsp3) is 0.462. The third-order valence-corrected chi connectivity index (χ3v) is 2.82. The first-order valence-corrected chi connectivity index (χ1v) is 5.68. The zero-order chi connectivity index (χ0) is 11.6. The van der Waals surface area contributed by atoms with Gasteiger partial charge >= 0.3 is 0 Å². The van der Waals surface area contributed by atoms with Crippen LogP contribution in [0.5, 0.6) is 5.75 Å². The van der Waals surface area contributed by atoms with E-state index in [4.69, 9.17) is 4.74 Å². The zero-order valence-electron chi connectivity index (χ0n) is 9.75. The van der Waals surface area contributed by atoms with Crippen LogP contribution in [0.25, 0.3) is 0 Å². The van der Waals surface area contributed by atoms with Gasteiger partial charge in [0.25, 0.3) is 5.91 Å². The normalized spacial score (nSPS) is 16.6. The van der Waals surface area contributed by atoms with Crippen molar-refractivity contribution in [2.24, 2.45) is 0 Å². The standard InChI is InChI=1S/C13H17NO2/c1-3-16-11-6-4-5-10(9-11)12(15)14-13(2)7-8-13/h4-6,9H,3,7-8H2,1-2H3,(H,14,15). The molecule has 0 heterocycles. The van der Waals surface area contributed by atoms with Crippen molar-refractivity contribution in [1.29, 1.82) is 0 Å². The lowest BCUT2D eigenvalue weighted by atomic mass is 10.2. The largest absolute Gasteiger partial charge is 0.494 e. The van der Waals surface area contributed by atoms with Crippen LogP contribution in [0.3, 0.4) is 0 Å². The average molecular weight is 219 g/mol. The van der Waals surface area contributed by atoms with Crippen molar-refractivity contribution in [3.05, 3.63) is 29.8 Å². The van der Waals surface area contributed by atoms with Gasteiger partial charge in [-0.2, -0.15) is 0 Å². The molecule has 0 atom stereocenters. The van der Waals surface area contributed by atoms with E-state index >= 15 is 0 Å². The summed E-state index contributed by atoms with van der Waals surface area (Å²) in [7, 11) is 0. The topological polar surface area (TPSA) is 38.3 Å². The minimum absolute atomic E-state index is 0.0125. The molecular weight excluding hydrogens is 202 g/mol. The minimum Gasteiger partial charge on any atom is -0.494 e. The summed E-state index contributed by atoms with van der Waals surface area (Å²) >= 11 is 0. The van der Waals surface area contributed by atoms with Crippen LogP contribution < -0.4 is 10.1 Å². The van der Waals surface area contributed by atoms with Crippen molar-refractivity contribution in [2.75, 3.05) is 6.61 Å². The molecule has 0 bridgehead atoms. The van der Waals surface area contributed by atoms with Gasteiger partial charge in [0.05, 0.1) is 6.61 Å². The third kappa shape index (κ3) is 2.54. The van der Waals surface area contributed by atoms with Crippen LogP contribution in [-0.2, 0) is 0 Å². The van der Waals surface area contributed by atoms with Crippen LogP contribution in [0, 0.1) is 0 Å². The fourth-order valence-corrected chi connectivity index (χ4v) is 1.55. The fourth-order valence-electron chi connectivity index (χ4n) is 1.55. The molecule has 0 saturated heterocycles. The van der Waals surface area contributed by atoms with Gasteiger partial charge in [-0.1, -0.05) is 6.07 Å². The summed E-state index contributed by atoms with van der Waals surface area (Å²) in [4.78, 5) is 11.9. The van der Waals surface area contributed by atoms with Gasteiger partial charge in [0.15, 0.2) is 0 Å². The van der Waals surface area contributed by atoms with Crippen LogP contribution in [0.2, 0.25) is 0 Å². The van der Waals surface area contributed by atoms with E-state index in [1.165, 1.54) is 0 Å². The average Bonchev–Trinajstić information content (AvgIpc) is 2.97. The first-order valence-electron chi connectivity index (χ1n) is 5.68. The molecule has 3 nitrogen and oxygen atoms in total. The molecule has 0 radical (unpaired) electrons. The molecule has 1 saturated carbocycles. The summed E-state index contributed by atoms with van der Waals surface area (Å²) in [5, 5.41) is 3.02. The molecule has 1 amide bonds. The van der Waals surface area contributed by atoms with Crippen LogP contribution >= 0.6 is 0 Å². The molecule has 16 heavy (non-hydrogen) atoms. The summed E-state index contributed by atoms with van der Waals surface area (Å²) < 4.78 is 5.36. The molecule has 1 aromatic carbocycles. The molecule has 0 spiro atoms. The monoisotopic (exact) mass is 219 g/mol. The summed E-state index contributed by atoms with van der Waals surface area (Å²) in [6.45, 7) is 4.61. The maximum absolute atomic E-state index is 11.9. The second kappa shape index (κ2) is 4.16. The Balaban J connectivity index is 2.07. The number of hydrogen-bond donors (Lipinski definition) is 1. The number of carbonyl (C=O) groups excluding carboxylic acids is 1. The van der Waals surface area contributed by atoms with Crippen molar-refractivity contribution >= 4 is 5.91 Å². The Bertz CT molecular complexity index is 397. The Hall–Kier alpha value is -1.51. The first kappa shape index (κ1) is 11.0. The molecule has 1 fully saturated rings. The van der Waals surface area contributed by atoms with E-state index in [9.17, 15) is 4.79 Å². The van der Waals surface area contributed by atoms with Gasteiger partial charge in [-0.3, -0.25) is 4.79 Å². The Kier molecular flexibility index (Phi) is 2.86. The van der Waals surface area contributed by atoms with Crippen LogP contribution in [0.15, 0.2) is 24.3 Å².